The number of sulfonamides is 1. The molecule has 0 saturated carbocycles. The second-order valence-corrected chi connectivity index (χ2v) is 6.90. The first-order valence-electron chi connectivity index (χ1n) is 5.50. The maximum Gasteiger partial charge on any atom is 0.244 e. The van der Waals surface area contributed by atoms with Gasteiger partial charge in [0.15, 0.2) is 0 Å². The van der Waals surface area contributed by atoms with Crippen molar-refractivity contribution in [3.63, 3.8) is 0 Å². The Bertz CT molecular complexity index is 627. The van der Waals surface area contributed by atoms with Crippen molar-refractivity contribution in [3.8, 4) is 10.6 Å². The van der Waals surface area contributed by atoms with Gasteiger partial charge in [0.1, 0.15) is 10.6 Å². The molecule has 0 aliphatic carbocycles. The minimum Gasteiger partial charge on any atom is -0.274 e. The second-order valence-electron chi connectivity index (χ2n) is 4.27. The topological polar surface area (TPSA) is 64.0 Å². The predicted octanol–water partition coefficient (Wildman–Crippen LogP) is 1.84. The molecule has 0 aromatic carbocycles. The molecular formula is C11H15N3O2S2. The van der Waals surface area contributed by atoms with Crippen LogP contribution < -0.4 is 4.72 Å². The Hall–Kier alpha value is -1.18. The summed E-state index contributed by atoms with van der Waals surface area (Å²) in [6, 6.07) is 3.59. The Morgan fingerprint density at radius 2 is 2.17 bits per heavy atom. The van der Waals surface area contributed by atoms with Crippen molar-refractivity contribution >= 4 is 21.4 Å². The number of rotatable bonds is 4. The number of thiophene rings is 1. The number of aromatic nitrogens is 2. The van der Waals surface area contributed by atoms with Gasteiger partial charge in [0.25, 0.3) is 0 Å². The Kier molecular flexibility index (Phi) is 3.56. The van der Waals surface area contributed by atoms with Crippen molar-refractivity contribution in [3.05, 3.63) is 23.7 Å². The zero-order valence-electron chi connectivity index (χ0n) is 10.4. The molecule has 0 spiro atoms. The first-order chi connectivity index (χ1) is 8.40. The molecular weight excluding hydrogens is 270 g/mol. The first-order valence-corrected chi connectivity index (χ1v) is 7.86. The van der Waals surface area contributed by atoms with E-state index in [1.165, 1.54) is 22.2 Å². The van der Waals surface area contributed by atoms with Crippen LogP contribution in [0.25, 0.3) is 10.6 Å². The molecule has 5 nitrogen and oxygen atoms in total. The molecule has 0 aliphatic rings. The lowest BCUT2D eigenvalue weighted by atomic mass is 10.3. The molecule has 2 aromatic rings. The number of nitrogens with zero attached hydrogens (tertiary/aromatic N) is 2. The van der Waals surface area contributed by atoms with Gasteiger partial charge in [-0.15, -0.1) is 11.3 Å². The molecule has 0 unspecified atom stereocenters. The van der Waals surface area contributed by atoms with Gasteiger partial charge in [-0.1, -0.05) is 6.07 Å². The van der Waals surface area contributed by atoms with E-state index in [0.29, 0.717) is 5.69 Å². The molecule has 2 heterocycles. The molecule has 0 atom stereocenters. The molecule has 0 fully saturated rings. The van der Waals surface area contributed by atoms with E-state index in [0.717, 1.165) is 4.88 Å². The number of nitrogens with one attached hydrogen (secondary N) is 1. The molecule has 0 saturated heterocycles. The van der Waals surface area contributed by atoms with Crippen molar-refractivity contribution in [2.75, 3.05) is 0 Å². The van der Waals surface area contributed by atoms with E-state index in [1.54, 1.807) is 20.9 Å². The molecule has 98 valence electrons. The summed E-state index contributed by atoms with van der Waals surface area (Å²) in [5, 5.41) is 6.13. The summed E-state index contributed by atoms with van der Waals surface area (Å²) in [6.45, 7) is 3.58. The third-order valence-electron chi connectivity index (χ3n) is 2.23. The quantitative estimate of drug-likeness (QED) is 0.932. The lowest BCUT2D eigenvalue weighted by Crippen LogP contribution is -2.30. The molecule has 0 radical (unpaired) electrons. The van der Waals surface area contributed by atoms with Crippen LogP contribution in [0, 0.1) is 0 Å². The fraction of sp³-hybridized carbons (Fsp3) is 0.364. The van der Waals surface area contributed by atoms with Gasteiger partial charge < -0.3 is 0 Å². The molecule has 7 heteroatoms. The van der Waals surface area contributed by atoms with E-state index in [4.69, 9.17) is 0 Å². The summed E-state index contributed by atoms with van der Waals surface area (Å²) >= 11 is 1.47. The van der Waals surface area contributed by atoms with E-state index < -0.39 is 10.0 Å². The van der Waals surface area contributed by atoms with Crippen LogP contribution in [-0.2, 0) is 17.1 Å². The van der Waals surface area contributed by atoms with Crippen molar-refractivity contribution in [1.82, 2.24) is 14.5 Å². The number of aryl methyl sites for hydroxylation is 1. The van der Waals surface area contributed by atoms with Gasteiger partial charge in [-0.3, -0.25) is 4.68 Å². The predicted molar refractivity (Wildman–Crippen MR) is 72.0 cm³/mol. The average Bonchev–Trinajstić information content (AvgIpc) is 2.82. The molecule has 18 heavy (non-hydrogen) atoms. The second kappa shape index (κ2) is 4.83. The van der Waals surface area contributed by atoms with Crippen LogP contribution in [0.1, 0.15) is 13.8 Å². The van der Waals surface area contributed by atoms with Crippen LogP contribution >= 0.6 is 11.3 Å². The number of hydrogen-bond acceptors (Lipinski definition) is 4. The third kappa shape index (κ3) is 2.63. The first kappa shape index (κ1) is 13.3. The van der Waals surface area contributed by atoms with Crippen LogP contribution in [0.4, 0.5) is 0 Å². The van der Waals surface area contributed by atoms with Gasteiger partial charge in [0, 0.05) is 19.3 Å². The van der Waals surface area contributed by atoms with Crippen LogP contribution in [0.3, 0.4) is 0 Å². The van der Waals surface area contributed by atoms with Gasteiger partial charge in [0.2, 0.25) is 10.0 Å². The smallest absolute Gasteiger partial charge is 0.244 e. The highest BCUT2D eigenvalue weighted by molar-refractivity contribution is 7.89. The lowest BCUT2D eigenvalue weighted by Gasteiger charge is -2.08. The zero-order chi connectivity index (χ0) is 13.3. The highest BCUT2D eigenvalue weighted by Gasteiger charge is 2.24. The minimum atomic E-state index is -3.52. The van der Waals surface area contributed by atoms with Crippen molar-refractivity contribution in [2.45, 2.75) is 24.8 Å². The maximum absolute atomic E-state index is 12.2. The normalized spacial score (nSPS) is 12.2. The molecule has 0 aliphatic heterocycles. The van der Waals surface area contributed by atoms with Crippen molar-refractivity contribution in [1.29, 1.82) is 0 Å². The maximum atomic E-state index is 12.2. The highest BCUT2D eigenvalue weighted by Crippen LogP contribution is 2.29. The third-order valence-corrected chi connectivity index (χ3v) is 4.77. The van der Waals surface area contributed by atoms with Gasteiger partial charge in [0.05, 0.1) is 4.88 Å². The van der Waals surface area contributed by atoms with Gasteiger partial charge in [-0.25, -0.2) is 13.1 Å². The minimum absolute atomic E-state index is 0.147. The molecule has 0 bridgehead atoms. The van der Waals surface area contributed by atoms with Crippen molar-refractivity contribution in [2.24, 2.45) is 7.05 Å². The van der Waals surface area contributed by atoms with Gasteiger partial charge in [-0.05, 0) is 25.3 Å². The Morgan fingerprint density at radius 3 is 2.72 bits per heavy atom. The lowest BCUT2D eigenvalue weighted by molar-refractivity contribution is 0.570. The summed E-state index contributed by atoms with van der Waals surface area (Å²) in [5.74, 6) is 0. The van der Waals surface area contributed by atoms with Crippen LogP contribution in [0.5, 0.6) is 0 Å². The van der Waals surface area contributed by atoms with E-state index in [1.807, 2.05) is 17.5 Å². The van der Waals surface area contributed by atoms with Gasteiger partial charge >= 0.3 is 0 Å². The Balaban J connectivity index is 2.52. The van der Waals surface area contributed by atoms with Crippen molar-refractivity contribution < 1.29 is 8.42 Å². The van der Waals surface area contributed by atoms with E-state index in [-0.39, 0.29) is 10.9 Å². The summed E-state index contributed by atoms with van der Waals surface area (Å²) in [4.78, 5) is 1.07. The standard InChI is InChI=1S/C11H15N3O2S2/c1-8(2)13-18(15,16)10-7-14(3)12-11(10)9-5-4-6-17-9/h4-8,13H,1-3H3. The molecule has 2 aromatic heterocycles. The summed E-state index contributed by atoms with van der Waals surface area (Å²) in [5.41, 5.74) is 0.501. The number of hydrogen-bond donors (Lipinski definition) is 1. The van der Waals surface area contributed by atoms with Gasteiger partial charge in [-0.2, -0.15) is 5.10 Å². The average molecular weight is 285 g/mol. The summed E-state index contributed by atoms with van der Waals surface area (Å²) in [6.07, 6.45) is 1.53. The Morgan fingerprint density at radius 1 is 1.44 bits per heavy atom. The molecule has 1 N–H and O–H groups in total. The fourth-order valence-corrected chi connectivity index (χ4v) is 3.85. The highest BCUT2D eigenvalue weighted by atomic mass is 32.2. The zero-order valence-corrected chi connectivity index (χ0v) is 12.0. The summed E-state index contributed by atoms with van der Waals surface area (Å²) in [7, 11) is -1.81. The van der Waals surface area contributed by atoms with Crippen LogP contribution in [-0.4, -0.2) is 24.2 Å². The van der Waals surface area contributed by atoms with E-state index in [2.05, 4.69) is 9.82 Å². The molecule has 2 rings (SSSR count). The summed E-state index contributed by atoms with van der Waals surface area (Å²) < 4.78 is 28.5. The van der Waals surface area contributed by atoms with Crippen LogP contribution in [0.2, 0.25) is 0 Å². The Labute approximate surface area is 111 Å². The van der Waals surface area contributed by atoms with E-state index in [9.17, 15) is 8.42 Å². The molecule has 0 amide bonds. The van der Waals surface area contributed by atoms with Crippen LogP contribution in [0.15, 0.2) is 28.6 Å². The largest absolute Gasteiger partial charge is 0.274 e. The monoisotopic (exact) mass is 285 g/mol. The fourth-order valence-electron chi connectivity index (χ4n) is 1.62. The van der Waals surface area contributed by atoms with E-state index >= 15 is 0 Å². The SMILES string of the molecule is CC(C)NS(=O)(=O)c1cn(C)nc1-c1cccs1.